The molecule has 2 aromatic heterocycles. The summed E-state index contributed by atoms with van der Waals surface area (Å²) in [5, 5.41) is 15.9. The highest BCUT2D eigenvalue weighted by atomic mass is 32.1. The van der Waals surface area contributed by atoms with E-state index in [4.69, 9.17) is 9.26 Å². The van der Waals surface area contributed by atoms with Gasteiger partial charge < -0.3 is 14.4 Å². The van der Waals surface area contributed by atoms with E-state index in [0.29, 0.717) is 12.6 Å². The van der Waals surface area contributed by atoms with Crippen molar-refractivity contribution >= 4 is 21.6 Å². The smallest absolute Gasteiger partial charge is 0.167 e. The second-order valence-electron chi connectivity index (χ2n) is 9.45. The molecule has 2 atom stereocenters. The molecule has 0 spiro atoms. The van der Waals surface area contributed by atoms with E-state index in [9.17, 15) is 5.11 Å². The van der Waals surface area contributed by atoms with Gasteiger partial charge in [0.25, 0.3) is 0 Å². The molecule has 0 saturated carbocycles. The first-order valence-corrected chi connectivity index (χ1v) is 12.9. The van der Waals surface area contributed by atoms with Crippen LogP contribution in [0.1, 0.15) is 23.2 Å². The van der Waals surface area contributed by atoms with Crippen molar-refractivity contribution in [3.63, 3.8) is 0 Å². The van der Waals surface area contributed by atoms with E-state index in [1.165, 1.54) is 5.56 Å². The van der Waals surface area contributed by atoms with Crippen molar-refractivity contribution in [1.29, 1.82) is 0 Å². The number of hydrogen-bond donors (Lipinski definition) is 1. The van der Waals surface area contributed by atoms with Crippen LogP contribution >= 0.6 is 11.3 Å². The maximum Gasteiger partial charge on any atom is 0.167 e. The number of aromatic nitrogens is 2. The number of thiazole rings is 1. The number of β-amino-alcohol motifs (C(OH)–C–C–N with tert-alkyl or cyclic N) is 1. The van der Waals surface area contributed by atoms with Gasteiger partial charge in [-0.25, -0.2) is 4.98 Å². The summed E-state index contributed by atoms with van der Waals surface area (Å²) in [6, 6.07) is 16.6. The van der Waals surface area contributed by atoms with Gasteiger partial charge in [0.1, 0.15) is 18.5 Å². The van der Waals surface area contributed by atoms with Crippen molar-refractivity contribution in [2.24, 2.45) is 0 Å². The SMILES string of the molecule is Cc1ccc(-c2cc(CN3CCN(CC(O)COc4ccc5sc(C)nc5c4)C(C)C3)no2)cc1. The monoisotopic (exact) mass is 492 g/mol. The highest BCUT2D eigenvalue weighted by Crippen LogP contribution is 2.26. The molecule has 5 rings (SSSR count). The molecule has 0 aliphatic carbocycles. The van der Waals surface area contributed by atoms with E-state index >= 15 is 0 Å². The Morgan fingerprint density at radius 3 is 2.77 bits per heavy atom. The summed E-state index contributed by atoms with van der Waals surface area (Å²) in [6.07, 6.45) is -0.551. The predicted molar refractivity (Wildman–Crippen MR) is 139 cm³/mol. The van der Waals surface area contributed by atoms with Crippen molar-refractivity contribution < 1.29 is 14.4 Å². The van der Waals surface area contributed by atoms with Gasteiger partial charge in [0.2, 0.25) is 0 Å². The van der Waals surface area contributed by atoms with Gasteiger partial charge in [-0.1, -0.05) is 35.0 Å². The molecular weight excluding hydrogens is 460 g/mol. The van der Waals surface area contributed by atoms with Crippen molar-refractivity contribution in [3.05, 3.63) is 64.8 Å². The van der Waals surface area contributed by atoms with Crippen LogP contribution in [0, 0.1) is 13.8 Å². The molecule has 35 heavy (non-hydrogen) atoms. The summed E-state index contributed by atoms with van der Waals surface area (Å²) < 4.78 is 12.6. The number of aliphatic hydroxyl groups excluding tert-OH is 1. The minimum atomic E-state index is -0.551. The third-order valence-corrected chi connectivity index (χ3v) is 7.44. The molecule has 8 heteroatoms. The molecule has 7 nitrogen and oxygen atoms in total. The third-order valence-electron chi connectivity index (χ3n) is 6.48. The van der Waals surface area contributed by atoms with E-state index in [-0.39, 0.29) is 6.61 Å². The molecule has 0 radical (unpaired) electrons. The second-order valence-corrected chi connectivity index (χ2v) is 10.7. The topological polar surface area (TPSA) is 74.9 Å². The molecular formula is C27H32N4O3S. The van der Waals surface area contributed by atoms with Crippen LogP contribution in [0.15, 0.2) is 53.1 Å². The van der Waals surface area contributed by atoms with Crippen molar-refractivity contribution in [2.45, 2.75) is 39.5 Å². The minimum absolute atomic E-state index is 0.266. The number of aliphatic hydroxyl groups is 1. The van der Waals surface area contributed by atoms with Crippen LogP contribution in [-0.4, -0.2) is 70.0 Å². The molecule has 1 aliphatic rings. The van der Waals surface area contributed by atoms with E-state index in [1.807, 2.05) is 31.2 Å². The van der Waals surface area contributed by atoms with Gasteiger partial charge in [-0.2, -0.15) is 0 Å². The highest BCUT2D eigenvalue weighted by Gasteiger charge is 2.26. The quantitative estimate of drug-likeness (QED) is 0.388. The normalized spacial score (nSPS) is 18.2. The van der Waals surface area contributed by atoms with Crippen molar-refractivity contribution in [2.75, 3.05) is 32.8 Å². The van der Waals surface area contributed by atoms with Crippen LogP contribution in [0.3, 0.4) is 0 Å². The number of hydrogen-bond acceptors (Lipinski definition) is 8. The molecule has 0 bridgehead atoms. The lowest BCUT2D eigenvalue weighted by Gasteiger charge is -2.40. The zero-order valence-electron chi connectivity index (χ0n) is 20.5. The van der Waals surface area contributed by atoms with Crippen molar-refractivity contribution in [1.82, 2.24) is 19.9 Å². The molecule has 3 heterocycles. The van der Waals surface area contributed by atoms with Crippen LogP contribution in [-0.2, 0) is 6.54 Å². The molecule has 0 amide bonds. The number of aryl methyl sites for hydroxylation is 2. The number of ether oxygens (including phenoxy) is 1. The number of fused-ring (bicyclic) bond motifs is 1. The van der Waals surface area contributed by atoms with Crippen LogP contribution < -0.4 is 4.74 Å². The van der Waals surface area contributed by atoms with Gasteiger partial charge >= 0.3 is 0 Å². The zero-order chi connectivity index (χ0) is 24.4. The minimum Gasteiger partial charge on any atom is -0.491 e. The van der Waals surface area contributed by atoms with Gasteiger partial charge in [-0.3, -0.25) is 9.80 Å². The lowest BCUT2D eigenvalue weighted by Crippen LogP contribution is -2.53. The number of nitrogens with zero attached hydrogens (tertiary/aromatic N) is 4. The molecule has 1 aliphatic heterocycles. The largest absolute Gasteiger partial charge is 0.491 e. The molecule has 1 saturated heterocycles. The fourth-order valence-electron chi connectivity index (χ4n) is 4.58. The highest BCUT2D eigenvalue weighted by molar-refractivity contribution is 7.18. The third kappa shape index (κ3) is 5.90. The Morgan fingerprint density at radius 2 is 1.97 bits per heavy atom. The van der Waals surface area contributed by atoms with Crippen LogP contribution in [0.25, 0.3) is 21.5 Å². The van der Waals surface area contributed by atoms with Gasteiger partial charge in [0.15, 0.2) is 5.76 Å². The van der Waals surface area contributed by atoms with Crippen LogP contribution in [0.2, 0.25) is 0 Å². The molecule has 2 aromatic carbocycles. The Hall–Kier alpha value is -2.78. The maximum atomic E-state index is 10.6. The fraction of sp³-hybridized carbons (Fsp3) is 0.407. The summed E-state index contributed by atoms with van der Waals surface area (Å²) in [7, 11) is 0. The van der Waals surface area contributed by atoms with E-state index in [0.717, 1.165) is 64.2 Å². The first-order valence-electron chi connectivity index (χ1n) is 12.1. The Morgan fingerprint density at radius 1 is 1.14 bits per heavy atom. The Labute approximate surface area is 209 Å². The summed E-state index contributed by atoms with van der Waals surface area (Å²) >= 11 is 1.67. The van der Waals surface area contributed by atoms with Crippen molar-refractivity contribution in [3.8, 4) is 17.1 Å². The number of benzene rings is 2. The lowest BCUT2D eigenvalue weighted by atomic mass is 10.1. The first kappa shape index (κ1) is 23.9. The lowest BCUT2D eigenvalue weighted by molar-refractivity contribution is 0.0192. The van der Waals surface area contributed by atoms with Gasteiger partial charge in [0.05, 0.1) is 20.9 Å². The van der Waals surface area contributed by atoms with Gasteiger partial charge in [-0.15, -0.1) is 11.3 Å². The number of rotatable bonds is 8. The standard InChI is InChI=1S/C27H32N4O3S/c1-18-4-6-21(7-5-18)26-12-22(29-34-26)15-30-10-11-31(19(2)14-30)16-23(32)17-33-24-8-9-27-25(13-24)28-20(3)35-27/h4-9,12-13,19,23,32H,10-11,14-17H2,1-3H3. The molecule has 184 valence electrons. The molecule has 2 unspecified atom stereocenters. The number of piperazine rings is 1. The Bertz CT molecular complexity index is 1270. The zero-order valence-corrected chi connectivity index (χ0v) is 21.3. The Kier molecular flexibility index (Phi) is 7.15. The average molecular weight is 493 g/mol. The van der Waals surface area contributed by atoms with E-state index in [2.05, 4.69) is 58.1 Å². The average Bonchev–Trinajstić information content (AvgIpc) is 3.45. The molecule has 1 N–H and O–H groups in total. The summed E-state index contributed by atoms with van der Waals surface area (Å²) in [4.78, 5) is 9.24. The Balaban J connectivity index is 1.09. The van der Waals surface area contributed by atoms with Crippen LogP contribution in [0.5, 0.6) is 5.75 Å². The molecule has 4 aromatic rings. The predicted octanol–water partition coefficient (Wildman–Crippen LogP) is 4.51. The van der Waals surface area contributed by atoms with Crippen LogP contribution in [0.4, 0.5) is 0 Å². The maximum absolute atomic E-state index is 10.6. The van der Waals surface area contributed by atoms with E-state index < -0.39 is 6.10 Å². The van der Waals surface area contributed by atoms with E-state index in [1.54, 1.807) is 11.3 Å². The van der Waals surface area contributed by atoms with Gasteiger partial charge in [0, 0.05) is 56.5 Å². The summed E-state index contributed by atoms with van der Waals surface area (Å²) in [5.41, 5.74) is 4.17. The van der Waals surface area contributed by atoms with Gasteiger partial charge in [-0.05, 0) is 32.9 Å². The summed E-state index contributed by atoms with van der Waals surface area (Å²) in [5.74, 6) is 1.55. The first-order chi connectivity index (χ1) is 16.9. The second kappa shape index (κ2) is 10.5. The molecule has 1 fully saturated rings. The summed E-state index contributed by atoms with van der Waals surface area (Å²) in [6.45, 7) is 10.6. The fourth-order valence-corrected chi connectivity index (χ4v) is 5.39.